The lowest BCUT2D eigenvalue weighted by Gasteiger charge is -2.31. The van der Waals surface area contributed by atoms with Gasteiger partial charge in [-0.2, -0.15) is 0 Å². The highest BCUT2D eigenvalue weighted by atomic mass is 16.2. The summed E-state index contributed by atoms with van der Waals surface area (Å²) in [4.78, 5) is 14.3. The molecule has 0 saturated heterocycles. The van der Waals surface area contributed by atoms with Gasteiger partial charge in [-0.15, -0.1) is 0 Å². The first-order chi connectivity index (χ1) is 10.1. The molecule has 0 aliphatic heterocycles. The zero-order chi connectivity index (χ0) is 15.2. The van der Waals surface area contributed by atoms with E-state index in [1.165, 1.54) is 24.8 Å². The van der Waals surface area contributed by atoms with E-state index in [-0.39, 0.29) is 12.1 Å². The maximum absolute atomic E-state index is 12.4. The third kappa shape index (κ3) is 4.21. The highest BCUT2D eigenvalue weighted by Gasteiger charge is 2.22. The Morgan fingerprint density at radius 2 is 2.19 bits per heavy atom. The Morgan fingerprint density at radius 3 is 2.76 bits per heavy atom. The molecule has 116 valence electrons. The Kier molecular flexibility index (Phi) is 5.62. The summed E-state index contributed by atoms with van der Waals surface area (Å²) in [7, 11) is 1.94. The van der Waals surface area contributed by atoms with Crippen LogP contribution in [-0.2, 0) is 0 Å². The first kappa shape index (κ1) is 15.8. The summed E-state index contributed by atoms with van der Waals surface area (Å²) in [5, 5.41) is 6.24. The minimum atomic E-state index is 0.0126. The number of amides is 2. The van der Waals surface area contributed by atoms with Crippen LogP contribution >= 0.6 is 0 Å². The number of anilines is 1. The molecule has 0 heterocycles. The van der Waals surface area contributed by atoms with E-state index in [4.69, 9.17) is 0 Å². The Balaban J connectivity index is 1.97. The van der Waals surface area contributed by atoms with Crippen molar-refractivity contribution in [1.29, 1.82) is 0 Å². The number of nitrogens with one attached hydrogen (secondary N) is 2. The van der Waals surface area contributed by atoms with Crippen molar-refractivity contribution in [2.24, 2.45) is 5.92 Å². The number of benzene rings is 1. The average molecular weight is 289 g/mol. The summed E-state index contributed by atoms with van der Waals surface area (Å²) in [6.45, 7) is 5.79. The van der Waals surface area contributed by atoms with Crippen molar-refractivity contribution in [3.8, 4) is 0 Å². The van der Waals surface area contributed by atoms with E-state index in [2.05, 4.69) is 23.6 Å². The second kappa shape index (κ2) is 7.46. The molecule has 0 spiro atoms. The van der Waals surface area contributed by atoms with Crippen LogP contribution in [0.5, 0.6) is 0 Å². The number of hydrogen-bond donors (Lipinski definition) is 2. The molecule has 1 aliphatic rings. The van der Waals surface area contributed by atoms with Gasteiger partial charge in [0.05, 0.1) is 0 Å². The average Bonchev–Trinajstić information content (AvgIpc) is 2.45. The van der Waals surface area contributed by atoms with Crippen molar-refractivity contribution in [3.05, 3.63) is 29.8 Å². The highest BCUT2D eigenvalue weighted by Crippen LogP contribution is 2.27. The first-order valence-corrected chi connectivity index (χ1v) is 7.97. The van der Waals surface area contributed by atoms with Crippen LogP contribution < -0.4 is 10.6 Å². The zero-order valence-electron chi connectivity index (χ0n) is 13.4. The summed E-state index contributed by atoms with van der Waals surface area (Å²) in [5.74, 6) is 0.700. The van der Waals surface area contributed by atoms with Crippen LogP contribution in [0.2, 0.25) is 0 Å². The fourth-order valence-corrected chi connectivity index (χ4v) is 2.60. The van der Waals surface area contributed by atoms with Crippen molar-refractivity contribution in [2.45, 2.75) is 39.2 Å². The molecule has 0 aromatic heterocycles. The fraction of sp³-hybridized carbons (Fsp3) is 0.588. The predicted octanol–water partition coefficient (Wildman–Crippen LogP) is 3.62. The van der Waals surface area contributed by atoms with Crippen LogP contribution in [-0.4, -0.2) is 31.1 Å². The van der Waals surface area contributed by atoms with Crippen LogP contribution in [0.1, 0.15) is 44.7 Å². The summed E-state index contributed by atoms with van der Waals surface area (Å²) in [5.41, 5.74) is 2.05. The van der Waals surface area contributed by atoms with Gasteiger partial charge in [0, 0.05) is 24.8 Å². The van der Waals surface area contributed by atoms with Gasteiger partial charge < -0.3 is 15.5 Å². The molecule has 1 saturated carbocycles. The van der Waals surface area contributed by atoms with Crippen molar-refractivity contribution >= 4 is 11.7 Å². The van der Waals surface area contributed by atoms with Crippen LogP contribution in [0.3, 0.4) is 0 Å². The topological polar surface area (TPSA) is 44.4 Å². The van der Waals surface area contributed by atoms with Gasteiger partial charge in [0.25, 0.3) is 0 Å². The van der Waals surface area contributed by atoms with Gasteiger partial charge in [-0.1, -0.05) is 18.6 Å². The van der Waals surface area contributed by atoms with E-state index < -0.39 is 0 Å². The second-order valence-corrected chi connectivity index (χ2v) is 5.90. The fourth-order valence-electron chi connectivity index (χ4n) is 2.60. The second-order valence-electron chi connectivity index (χ2n) is 5.90. The lowest BCUT2D eigenvalue weighted by molar-refractivity contribution is 0.182. The van der Waals surface area contributed by atoms with Gasteiger partial charge in [0.15, 0.2) is 0 Å². The van der Waals surface area contributed by atoms with Gasteiger partial charge in [-0.05, 0) is 57.4 Å². The standard InChI is InChI=1S/C17H27N3O/c1-4-20(12-14-7-5-8-14)17(21)19-16-10-6-9-15(11-16)13(2)18-3/h6,9-11,13-14,18H,4-5,7-8,12H2,1-3H3,(H,19,21). The minimum absolute atomic E-state index is 0.0126. The van der Waals surface area contributed by atoms with Gasteiger partial charge in [0.2, 0.25) is 0 Å². The summed E-state index contributed by atoms with van der Waals surface area (Å²) < 4.78 is 0. The van der Waals surface area contributed by atoms with Crippen molar-refractivity contribution in [1.82, 2.24) is 10.2 Å². The van der Waals surface area contributed by atoms with E-state index in [1.54, 1.807) is 0 Å². The monoisotopic (exact) mass is 289 g/mol. The van der Waals surface area contributed by atoms with Gasteiger partial charge in [-0.25, -0.2) is 4.79 Å². The molecule has 1 unspecified atom stereocenters. The lowest BCUT2D eigenvalue weighted by Crippen LogP contribution is -2.39. The summed E-state index contributed by atoms with van der Waals surface area (Å²) >= 11 is 0. The largest absolute Gasteiger partial charge is 0.325 e. The Hall–Kier alpha value is -1.55. The molecule has 21 heavy (non-hydrogen) atoms. The molecular formula is C17H27N3O. The highest BCUT2D eigenvalue weighted by molar-refractivity contribution is 5.89. The molecule has 1 aromatic carbocycles. The number of carbonyl (C=O) groups is 1. The third-order valence-corrected chi connectivity index (χ3v) is 4.44. The number of rotatable bonds is 6. The Morgan fingerprint density at radius 1 is 1.43 bits per heavy atom. The summed E-state index contributed by atoms with van der Waals surface area (Å²) in [6, 6.07) is 8.33. The molecule has 4 nitrogen and oxygen atoms in total. The maximum atomic E-state index is 12.4. The Labute approximate surface area is 127 Å². The number of urea groups is 1. The van der Waals surface area contributed by atoms with Crippen LogP contribution in [0, 0.1) is 5.92 Å². The number of carbonyl (C=O) groups excluding carboxylic acids is 1. The molecular weight excluding hydrogens is 262 g/mol. The van der Waals surface area contributed by atoms with E-state index in [9.17, 15) is 4.79 Å². The third-order valence-electron chi connectivity index (χ3n) is 4.44. The van der Waals surface area contributed by atoms with Crippen LogP contribution in [0.4, 0.5) is 10.5 Å². The predicted molar refractivity (Wildman–Crippen MR) is 87.5 cm³/mol. The Bertz CT molecular complexity index is 471. The SMILES string of the molecule is CCN(CC1CCC1)C(=O)Nc1cccc(C(C)NC)c1. The maximum Gasteiger partial charge on any atom is 0.321 e. The molecule has 1 aliphatic carbocycles. The molecule has 2 rings (SSSR count). The van der Waals surface area contributed by atoms with Crippen LogP contribution in [0.15, 0.2) is 24.3 Å². The van der Waals surface area contributed by atoms with E-state index in [0.717, 1.165) is 18.8 Å². The lowest BCUT2D eigenvalue weighted by atomic mass is 9.85. The molecule has 4 heteroatoms. The quantitative estimate of drug-likeness (QED) is 0.840. The minimum Gasteiger partial charge on any atom is -0.325 e. The van der Waals surface area contributed by atoms with Crippen molar-refractivity contribution < 1.29 is 4.79 Å². The van der Waals surface area contributed by atoms with E-state index in [0.29, 0.717) is 5.92 Å². The number of hydrogen-bond acceptors (Lipinski definition) is 2. The molecule has 1 aromatic rings. The zero-order valence-corrected chi connectivity index (χ0v) is 13.4. The molecule has 0 bridgehead atoms. The number of nitrogens with zero attached hydrogens (tertiary/aromatic N) is 1. The van der Waals surface area contributed by atoms with Crippen molar-refractivity contribution in [2.75, 3.05) is 25.5 Å². The van der Waals surface area contributed by atoms with E-state index >= 15 is 0 Å². The molecule has 1 fully saturated rings. The van der Waals surface area contributed by atoms with Gasteiger partial charge >= 0.3 is 6.03 Å². The molecule has 1 atom stereocenters. The van der Waals surface area contributed by atoms with Crippen molar-refractivity contribution in [3.63, 3.8) is 0 Å². The van der Waals surface area contributed by atoms with E-state index in [1.807, 2.05) is 37.1 Å². The molecule has 2 N–H and O–H groups in total. The van der Waals surface area contributed by atoms with Gasteiger partial charge in [-0.3, -0.25) is 0 Å². The smallest absolute Gasteiger partial charge is 0.321 e. The molecule has 0 radical (unpaired) electrons. The van der Waals surface area contributed by atoms with Crippen LogP contribution in [0.25, 0.3) is 0 Å². The van der Waals surface area contributed by atoms with Gasteiger partial charge in [0.1, 0.15) is 0 Å². The summed E-state index contributed by atoms with van der Waals surface area (Å²) in [6.07, 6.45) is 3.84. The normalized spacial score (nSPS) is 16.1. The molecule has 2 amide bonds. The first-order valence-electron chi connectivity index (χ1n) is 7.97.